The second kappa shape index (κ2) is 9.91. The fourth-order valence-electron chi connectivity index (χ4n) is 8.28. The lowest BCUT2D eigenvalue weighted by molar-refractivity contribution is -0.124. The second-order valence-corrected chi connectivity index (χ2v) is 12.4. The van der Waals surface area contributed by atoms with Gasteiger partial charge in [0.15, 0.2) is 6.29 Å². The first kappa shape index (κ1) is 26.4. The molecular weight excluding hydrogens is 548 g/mol. The molecular formula is C34H32N2O7. The standard InChI is InChI=1S/C34H32N2O7/c1-18(43-26-12-8-24(9-13-26)36-33(39)29-21-4-5-22(17-21)30(29)34(36)40)41-14-15-42-25-10-6-23(7-11-25)35-31(37)27-19-2-3-20(16-19)28(27)32(35)38/h2-13,18-22,27-30H,14-17H2,1H3/t18?,19?,20?,21?,22?,27-,28+,29-,30+. The number of anilines is 2. The van der Waals surface area contributed by atoms with Gasteiger partial charge in [0.25, 0.3) is 0 Å². The number of nitrogens with zero attached hydrogens (tertiary/aromatic N) is 2. The van der Waals surface area contributed by atoms with Gasteiger partial charge in [-0.1, -0.05) is 24.3 Å². The van der Waals surface area contributed by atoms with E-state index in [9.17, 15) is 19.2 Å². The molecule has 2 heterocycles. The molecule has 2 saturated carbocycles. The number of benzene rings is 2. The van der Waals surface area contributed by atoms with Gasteiger partial charge in [0, 0.05) is 0 Å². The van der Waals surface area contributed by atoms with Crippen LogP contribution in [0.1, 0.15) is 19.8 Å². The lowest BCUT2D eigenvalue weighted by Crippen LogP contribution is -2.32. The minimum atomic E-state index is -0.552. The van der Waals surface area contributed by atoms with Crippen LogP contribution >= 0.6 is 0 Å². The molecule has 9 nitrogen and oxygen atoms in total. The summed E-state index contributed by atoms with van der Waals surface area (Å²) < 4.78 is 17.4. The number of imide groups is 2. The highest BCUT2D eigenvalue weighted by Crippen LogP contribution is 2.54. The fraction of sp³-hybridized carbons (Fsp3) is 0.412. The molecule has 4 fully saturated rings. The van der Waals surface area contributed by atoms with Gasteiger partial charge < -0.3 is 14.2 Å². The van der Waals surface area contributed by atoms with Crippen molar-refractivity contribution < 1.29 is 33.4 Å². The molecule has 220 valence electrons. The number of allylic oxidation sites excluding steroid dienone is 4. The van der Waals surface area contributed by atoms with Gasteiger partial charge in [-0.15, -0.1) is 0 Å². The minimum Gasteiger partial charge on any atom is -0.491 e. The summed E-state index contributed by atoms with van der Waals surface area (Å²) >= 11 is 0. The fourth-order valence-corrected chi connectivity index (χ4v) is 8.28. The van der Waals surface area contributed by atoms with Gasteiger partial charge in [-0.25, -0.2) is 0 Å². The second-order valence-electron chi connectivity index (χ2n) is 12.4. The zero-order valence-corrected chi connectivity index (χ0v) is 23.7. The van der Waals surface area contributed by atoms with Crippen LogP contribution in [-0.4, -0.2) is 43.1 Å². The maximum atomic E-state index is 13.0. The Labute approximate surface area is 249 Å². The van der Waals surface area contributed by atoms with E-state index in [0.717, 1.165) is 12.8 Å². The van der Waals surface area contributed by atoms with Crippen LogP contribution < -0.4 is 19.3 Å². The Morgan fingerprint density at radius 1 is 0.605 bits per heavy atom. The van der Waals surface area contributed by atoms with E-state index in [1.54, 1.807) is 55.5 Å². The largest absolute Gasteiger partial charge is 0.491 e. The van der Waals surface area contributed by atoms with Crippen LogP contribution in [0.2, 0.25) is 0 Å². The van der Waals surface area contributed by atoms with Crippen LogP contribution in [0.15, 0.2) is 72.8 Å². The summed E-state index contributed by atoms with van der Waals surface area (Å²) in [5.41, 5.74) is 1.14. The Morgan fingerprint density at radius 3 is 1.42 bits per heavy atom. The first-order chi connectivity index (χ1) is 20.9. The van der Waals surface area contributed by atoms with Crippen molar-refractivity contribution in [3.63, 3.8) is 0 Å². The maximum absolute atomic E-state index is 13.0. The predicted molar refractivity (Wildman–Crippen MR) is 155 cm³/mol. The SMILES string of the molecule is CC(OCCOc1ccc(N2C(=O)[C@@H]3C4C=CC(C4)[C@@H]3C2=O)cc1)Oc1ccc(N2C(=O)[C@@H]3C4C=CC(C4)[C@@H]3C2=O)cc1. The van der Waals surface area contributed by atoms with Crippen molar-refractivity contribution in [1.29, 1.82) is 0 Å². The molecule has 0 radical (unpaired) electrons. The summed E-state index contributed by atoms with van der Waals surface area (Å²) in [5, 5.41) is 0. The quantitative estimate of drug-likeness (QED) is 0.190. The van der Waals surface area contributed by atoms with Gasteiger partial charge in [0.2, 0.25) is 23.6 Å². The number of carbonyl (C=O) groups excluding carboxylic acids is 4. The van der Waals surface area contributed by atoms with Crippen LogP contribution in [0.3, 0.4) is 0 Å². The molecule has 5 unspecified atom stereocenters. The molecule has 0 N–H and O–H groups in total. The van der Waals surface area contributed by atoms with Gasteiger partial charge in [-0.05, 0) is 92.0 Å². The van der Waals surface area contributed by atoms with Crippen molar-refractivity contribution in [2.45, 2.75) is 26.1 Å². The van der Waals surface area contributed by atoms with E-state index in [-0.39, 0.29) is 84.2 Å². The van der Waals surface area contributed by atoms with E-state index in [4.69, 9.17) is 14.2 Å². The van der Waals surface area contributed by atoms with E-state index < -0.39 is 6.29 Å². The molecule has 2 aromatic rings. The normalized spacial score (nSPS) is 33.6. The average Bonchev–Trinajstić information content (AvgIpc) is 3.85. The molecule has 0 aromatic heterocycles. The molecule has 8 rings (SSSR count). The first-order valence-corrected chi connectivity index (χ1v) is 15.1. The van der Waals surface area contributed by atoms with Crippen LogP contribution in [-0.2, 0) is 23.9 Å². The number of rotatable bonds is 9. The summed E-state index contributed by atoms with van der Waals surface area (Å²) in [6.07, 6.45) is 9.63. The molecule has 2 saturated heterocycles. The highest BCUT2D eigenvalue weighted by atomic mass is 16.7. The summed E-state index contributed by atoms with van der Waals surface area (Å²) in [6, 6.07) is 13.9. The highest BCUT2D eigenvalue weighted by Gasteiger charge is 2.60. The number of hydrogen-bond acceptors (Lipinski definition) is 7. The third kappa shape index (κ3) is 4.08. The van der Waals surface area contributed by atoms with E-state index in [0.29, 0.717) is 22.9 Å². The van der Waals surface area contributed by atoms with Crippen LogP contribution in [0.5, 0.6) is 11.5 Å². The molecule has 4 amide bonds. The summed E-state index contributed by atoms with van der Waals surface area (Å²) in [4.78, 5) is 54.8. The summed E-state index contributed by atoms with van der Waals surface area (Å²) in [5.74, 6) is 0.622. The van der Waals surface area contributed by atoms with E-state index in [1.807, 2.05) is 0 Å². The van der Waals surface area contributed by atoms with Crippen molar-refractivity contribution in [1.82, 2.24) is 0 Å². The van der Waals surface area contributed by atoms with Crippen molar-refractivity contribution in [2.75, 3.05) is 23.0 Å². The average molecular weight is 581 g/mol. The molecule has 2 aromatic carbocycles. The Hall–Kier alpha value is -4.24. The van der Waals surface area contributed by atoms with Gasteiger partial charge in [-0.3, -0.25) is 29.0 Å². The molecule has 6 aliphatic rings. The lowest BCUT2D eigenvalue weighted by Gasteiger charge is -2.19. The predicted octanol–water partition coefficient (Wildman–Crippen LogP) is 4.13. The summed E-state index contributed by atoms with van der Waals surface area (Å²) in [6.45, 7) is 2.34. The van der Waals surface area contributed by atoms with E-state index in [2.05, 4.69) is 24.3 Å². The molecule has 4 bridgehead atoms. The third-order valence-electron chi connectivity index (χ3n) is 10.1. The van der Waals surface area contributed by atoms with Crippen molar-refractivity contribution >= 4 is 35.0 Å². The number of fused-ring (bicyclic) bond motifs is 10. The third-order valence-corrected chi connectivity index (χ3v) is 10.1. The van der Waals surface area contributed by atoms with E-state index in [1.165, 1.54) is 9.80 Å². The van der Waals surface area contributed by atoms with Gasteiger partial charge >= 0.3 is 0 Å². The van der Waals surface area contributed by atoms with Gasteiger partial charge in [0.1, 0.15) is 18.1 Å². The Balaban J connectivity index is 0.804. The Kier molecular flexibility index (Phi) is 6.08. The zero-order valence-electron chi connectivity index (χ0n) is 23.7. The zero-order chi connectivity index (χ0) is 29.4. The van der Waals surface area contributed by atoms with E-state index >= 15 is 0 Å². The minimum absolute atomic E-state index is 0.0952. The van der Waals surface area contributed by atoms with Crippen LogP contribution in [0, 0.1) is 47.3 Å². The Morgan fingerprint density at radius 2 is 1.00 bits per heavy atom. The molecule has 9 atom stereocenters. The van der Waals surface area contributed by atoms with Crippen molar-refractivity contribution in [3.05, 3.63) is 72.8 Å². The smallest absolute Gasteiger partial charge is 0.238 e. The Bertz CT molecular complexity index is 1500. The number of ether oxygens (including phenoxy) is 3. The molecule has 43 heavy (non-hydrogen) atoms. The van der Waals surface area contributed by atoms with Crippen LogP contribution in [0.25, 0.3) is 0 Å². The first-order valence-electron chi connectivity index (χ1n) is 15.1. The van der Waals surface area contributed by atoms with Gasteiger partial charge in [0.05, 0.1) is 41.7 Å². The van der Waals surface area contributed by atoms with Crippen LogP contribution in [0.4, 0.5) is 11.4 Å². The van der Waals surface area contributed by atoms with Crippen molar-refractivity contribution in [2.24, 2.45) is 47.3 Å². The molecule has 4 aliphatic carbocycles. The van der Waals surface area contributed by atoms with Crippen molar-refractivity contribution in [3.8, 4) is 11.5 Å². The highest BCUT2D eigenvalue weighted by molar-refractivity contribution is 6.23. The maximum Gasteiger partial charge on any atom is 0.238 e. The van der Waals surface area contributed by atoms with Gasteiger partial charge in [-0.2, -0.15) is 0 Å². The number of hydrogen-bond donors (Lipinski definition) is 0. The molecule has 0 spiro atoms. The topological polar surface area (TPSA) is 102 Å². The molecule has 9 heteroatoms. The number of amides is 4. The lowest BCUT2D eigenvalue weighted by atomic mass is 9.85. The summed E-state index contributed by atoms with van der Waals surface area (Å²) in [7, 11) is 0. The monoisotopic (exact) mass is 580 g/mol. The number of carbonyl (C=O) groups is 4. The molecule has 2 aliphatic heterocycles.